The topological polar surface area (TPSA) is 48.4 Å². The van der Waals surface area contributed by atoms with Crippen LogP contribution in [0.2, 0.25) is 0 Å². The number of ether oxygens (including phenoxy) is 2. The van der Waals surface area contributed by atoms with Crippen molar-refractivity contribution in [3.63, 3.8) is 0 Å². The Morgan fingerprint density at radius 2 is 1.95 bits per heavy atom. The maximum absolute atomic E-state index is 11.8. The summed E-state index contributed by atoms with van der Waals surface area (Å²) in [5.41, 5.74) is 1.47. The van der Waals surface area contributed by atoms with E-state index in [-0.39, 0.29) is 5.97 Å². The summed E-state index contributed by atoms with van der Waals surface area (Å²) in [4.78, 5) is 16.3. The third-order valence-electron chi connectivity index (χ3n) is 3.82. The molecule has 0 saturated heterocycles. The molecule has 1 aliphatic carbocycles. The minimum absolute atomic E-state index is 0.353. The number of pyridine rings is 1. The molecule has 3 rings (SSSR count). The highest BCUT2D eigenvalue weighted by Gasteiger charge is 2.34. The van der Waals surface area contributed by atoms with Crippen molar-refractivity contribution >= 4 is 5.97 Å². The van der Waals surface area contributed by atoms with E-state index in [1.165, 1.54) is 32.1 Å². The van der Waals surface area contributed by atoms with Crippen LogP contribution in [-0.2, 0) is 4.74 Å². The van der Waals surface area contributed by atoms with Gasteiger partial charge < -0.3 is 9.47 Å². The molecule has 0 spiro atoms. The molecule has 1 fully saturated rings. The molecule has 1 aliphatic heterocycles. The number of carbonyl (C=O) groups excluding carboxylic acids is 1. The lowest BCUT2D eigenvalue weighted by Crippen LogP contribution is -2.39. The number of fused-ring (bicyclic) bond motifs is 1. The molecule has 0 amide bonds. The molecule has 2 aliphatic rings. The molecule has 0 bridgehead atoms. The molecule has 1 aromatic rings. The van der Waals surface area contributed by atoms with E-state index in [1.54, 1.807) is 20.0 Å². The molecule has 0 atom stereocenters. The van der Waals surface area contributed by atoms with E-state index >= 15 is 0 Å². The lowest BCUT2D eigenvalue weighted by Gasteiger charge is -2.32. The molecular formula is C15H19NO3. The van der Waals surface area contributed by atoms with Gasteiger partial charge in [-0.25, -0.2) is 4.79 Å². The Morgan fingerprint density at radius 3 is 2.68 bits per heavy atom. The van der Waals surface area contributed by atoms with Gasteiger partial charge in [-0.3, -0.25) is 4.98 Å². The van der Waals surface area contributed by atoms with Crippen LogP contribution in [0.25, 0.3) is 0 Å². The van der Waals surface area contributed by atoms with Crippen molar-refractivity contribution in [2.45, 2.75) is 57.7 Å². The fourth-order valence-electron chi connectivity index (χ4n) is 2.88. The van der Waals surface area contributed by atoms with Gasteiger partial charge in [-0.05, 0) is 12.8 Å². The molecule has 102 valence electrons. The van der Waals surface area contributed by atoms with E-state index in [4.69, 9.17) is 9.47 Å². The zero-order chi connectivity index (χ0) is 13.5. The number of carbonyl (C=O) groups is 1. The lowest BCUT2D eigenvalue weighted by atomic mass is 9.86. The standard InChI is InChI=1S/C15H19NO3/c1-15(2)18-13-8-12(10-6-4-3-5-7-10)16-9-11(13)14(17)19-15/h8-10H,3-7H2,1-2H3. The maximum atomic E-state index is 11.8. The Morgan fingerprint density at radius 1 is 1.21 bits per heavy atom. The van der Waals surface area contributed by atoms with E-state index in [2.05, 4.69) is 4.98 Å². The zero-order valence-electron chi connectivity index (χ0n) is 11.4. The number of aromatic nitrogens is 1. The number of hydrogen-bond donors (Lipinski definition) is 0. The van der Waals surface area contributed by atoms with Crippen molar-refractivity contribution in [3.05, 3.63) is 23.5 Å². The summed E-state index contributed by atoms with van der Waals surface area (Å²) in [5, 5.41) is 0. The van der Waals surface area contributed by atoms with Crippen molar-refractivity contribution < 1.29 is 14.3 Å². The van der Waals surface area contributed by atoms with Crippen molar-refractivity contribution in [2.24, 2.45) is 0 Å². The predicted octanol–water partition coefficient (Wildman–Crippen LogP) is 3.41. The van der Waals surface area contributed by atoms with Crippen molar-refractivity contribution in [2.75, 3.05) is 0 Å². The van der Waals surface area contributed by atoms with Gasteiger partial charge in [-0.2, -0.15) is 0 Å². The number of nitrogens with zero attached hydrogens (tertiary/aromatic N) is 1. The Kier molecular flexibility index (Phi) is 2.96. The summed E-state index contributed by atoms with van der Waals surface area (Å²) < 4.78 is 10.9. The molecule has 4 nitrogen and oxygen atoms in total. The van der Waals surface area contributed by atoms with Gasteiger partial charge in [0.15, 0.2) is 0 Å². The number of rotatable bonds is 1. The zero-order valence-corrected chi connectivity index (χ0v) is 11.4. The minimum atomic E-state index is -0.894. The second kappa shape index (κ2) is 4.51. The first-order chi connectivity index (χ1) is 9.05. The molecule has 0 radical (unpaired) electrons. The Hall–Kier alpha value is -1.58. The summed E-state index contributed by atoms with van der Waals surface area (Å²) in [5.74, 6) is -0.135. The van der Waals surface area contributed by atoms with Gasteiger partial charge in [-0.15, -0.1) is 0 Å². The third kappa shape index (κ3) is 2.44. The smallest absolute Gasteiger partial charge is 0.346 e. The fourth-order valence-corrected chi connectivity index (χ4v) is 2.88. The molecule has 0 aromatic carbocycles. The number of esters is 1. The third-order valence-corrected chi connectivity index (χ3v) is 3.82. The molecule has 1 saturated carbocycles. The first-order valence-corrected chi connectivity index (χ1v) is 6.97. The molecule has 19 heavy (non-hydrogen) atoms. The highest BCUT2D eigenvalue weighted by Crippen LogP contribution is 2.36. The fraction of sp³-hybridized carbons (Fsp3) is 0.600. The van der Waals surface area contributed by atoms with E-state index < -0.39 is 5.79 Å². The van der Waals surface area contributed by atoms with Crippen LogP contribution in [0.15, 0.2) is 12.3 Å². The number of hydrogen-bond acceptors (Lipinski definition) is 4. The van der Waals surface area contributed by atoms with Crippen molar-refractivity contribution in [1.29, 1.82) is 0 Å². The lowest BCUT2D eigenvalue weighted by molar-refractivity contribution is -0.127. The first kappa shape index (κ1) is 12.5. The van der Waals surface area contributed by atoms with Gasteiger partial charge in [0, 0.05) is 37.7 Å². The van der Waals surface area contributed by atoms with E-state index in [9.17, 15) is 4.79 Å². The second-order valence-corrected chi connectivity index (χ2v) is 5.83. The van der Waals surface area contributed by atoms with E-state index in [1.807, 2.05) is 6.07 Å². The van der Waals surface area contributed by atoms with Gasteiger partial charge in [0.2, 0.25) is 5.79 Å². The first-order valence-electron chi connectivity index (χ1n) is 6.97. The highest BCUT2D eigenvalue weighted by molar-refractivity contribution is 5.93. The van der Waals surface area contributed by atoms with Crippen LogP contribution in [-0.4, -0.2) is 16.7 Å². The molecule has 0 N–H and O–H groups in total. The molecule has 1 aromatic heterocycles. The van der Waals surface area contributed by atoms with Gasteiger partial charge in [0.1, 0.15) is 11.3 Å². The molecule has 2 heterocycles. The van der Waals surface area contributed by atoms with Crippen LogP contribution in [0, 0.1) is 0 Å². The van der Waals surface area contributed by atoms with E-state index in [0.29, 0.717) is 17.2 Å². The molecular weight excluding hydrogens is 242 g/mol. The van der Waals surface area contributed by atoms with Crippen molar-refractivity contribution in [3.8, 4) is 5.75 Å². The van der Waals surface area contributed by atoms with Crippen LogP contribution in [0.5, 0.6) is 5.75 Å². The second-order valence-electron chi connectivity index (χ2n) is 5.83. The van der Waals surface area contributed by atoms with Gasteiger partial charge in [0.25, 0.3) is 0 Å². The monoisotopic (exact) mass is 261 g/mol. The SMILES string of the molecule is CC1(C)OC(=O)c2cnc(C3CCCCC3)cc2O1. The largest absolute Gasteiger partial charge is 0.452 e. The van der Waals surface area contributed by atoms with Crippen molar-refractivity contribution in [1.82, 2.24) is 4.98 Å². The highest BCUT2D eigenvalue weighted by atomic mass is 16.7. The Labute approximate surface area is 113 Å². The van der Waals surface area contributed by atoms with Crippen LogP contribution in [0.4, 0.5) is 0 Å². The molecule has 0 unspecified atom stereocenters. The average Bonchev–Trinajstić information content (AvgIpc) is 2.37. The molecule has 4 heteroatoms. The Bertz CT molecular complexity index is 504. The minimum Gasteiger partial charge on any atom is -0.452 e. The summed E-state index contributed by atoms with van der Waals surface area (Å²) in [6, 6.07) is 1.92. The summed E-state index contributed by atoms with van der Waals surface area (Å²) in [6.07, 6.45) is 7.79. The van der Waals surface area contributed by atoms with Crippen LogP contribution in [0.3, 0.4) is 0 Å². The number of cyclic esters (lactones) is 1. The van der Waals surface area contributed by atoms with Gasteiger partial charge in [0.05, 0.1) is 0 Å². The summed E-state index contributed by atoms with van der Waals surface area (Å²) in [7, 11) is 0. The quantitative estimate of drug-likeness (QED) is 0.727. The van der Waals surface area contributed by atoms with Crippen LogP contribution in [0.1, 0.15) is 67.9 Å². The van der Waals surface area contributed by atoms with Crippen LogP contribution >= 0.6 is 0 Å². The average molecular weight is 261 g/mol. The predicted molar refractivity (Wildman–Crippen MR) is 70.2 cm³/mol. The van der Waals surface area contributed by atoms with Gasteiger partial charge in [-0.1, -0.05) is 19.3 Å². The normalized spacial score (nSPS) is 22.3. The Balaban J connectivity index is 1.92. The summed E-state index contributed by atoms with van der Waals surface area (Å²) in [6.45, 7) is 3.49. The van der Waals surface area contributed by atoms with Gasteiger partial charge >= 0.3 is 5.97 Å². The summed E-state index contributed by atoms with van der Waals surface area (Å²) >= 11 is 0. The van der Waals surface area contributed by atoms with Crippen LogP contribution < -0.4 is 4.74 Å². The maximum Gasteiger partial charge on any atom is 0.346 e. The van der Waals surface area contributed by atoms with E-state index in [0.717, 1.165) is 5.69 Å².